The normalized spacial score (nSPS) is 22.8. The fourth-order valence-electron chi connectivity index (χ4n) is 5.10. The first-order chi connectivity index (χ1) is 15.2. The highest BCUT2D eigenvalue weighted by Gasteiger charge is 2.36. The van der Waals surface area contributed by atoms with Crippen LogP contribution in [0, 0.1) is 3.57 Å². The molecule has 3 aromatic heterocycles. The van der Waals surface area contributed by atoms with Gasteiger partial charge in [0, 0.05) is 40.9 Å². The molecule has 7 heteroatoms. The van der Waals surface area contributed by atoms with Gasteiger partial charge in [-0.05, 0) is 54.3 Å². The molecular formula is C24H23IN6. The van der Waals surface area contributed by atoms with Crippen molar-refractivity contribution in [2.24, 2.45) is 0 Å². The summed E-state index contributed by atoms with van der Waals surface area (Å²) in [5, 5.41) is 8.27. The number of fused-ring (bicyclic) bond motifs is 3. The molecule has 0 radical (unpaired) electrons. The molecule has 2 fully saturated rings. The maximum Gasteiger partial charge on any atom is 0.165 e. The zero-order chi connectivity index (χ0) is 20.9. The number of pyridine rings is 1. The number of piperidine rings is 1. The summed E-state index contributed by atoms with van der Waals surface area (Å²) in [6, 6.07) is 15.6. The molecule has 3 N–H and O–H groups in total. The first kappa shape index (κ1) is 19.2. The molecule has 1 aromatic carbocycles. The minimum Gasteiger partial charge on any atom is -0.383 e. The van der Waals surface area contributed by atoms with Crippen LogP contribution in [-0.4, -0.2) is 31.7 Å². The Labute approximate surface area is 194 Å². The molecule has 3 atom stereocenters. The fraction of sp³-hybridized carbons (Fsp3) is 0.292. The Bertz CT molecular complexity index is 1240. The van der Waals surface area contributed by atoms with E-state index in [9.17, 15) is 0 Å². The standard InChI is InChI=1S/C24H23IN6/c25-21-22(16-10-17-7-8-18(11-16)29-17)30-24-19(13-28-31(24)23(21)26)15-6-9-20(27-12-15)14-4-2-1-3-5-14/h1-6,9,12-13,16-18,29H,7-8,10-11,26H2/t16?,17-,18+. The molecule has 0 spiro atoms. The van der Waals surface area contributed by atoms with Crippen LogP contribution in [0.3, 0.4) is 0 Å². The van der Waals surface area contributed by atoms with Crippen LogP contribution in [0.15, 0.2) is 54.9 Å². The van der Waals surface area contributed by atoms with Crippen LogP contribution < -0.4 is 11.1 Å². The molecule has 0 aliphatic carbocycles. The monoisotopic (exact) mass is 522 g/mol. The molecule has 0 amide bonds. The maximum absolute atomic E-state index is 6.52. The van der Waals surface area contributed by atoms with Crippen LogP contribution in [0.4, 0.5) is 5.82 Å². The van der Waals surface area contributed by atoms with Crippen molar-refractivity contribution in [1.29, 1.82) is 0 Å². The number of nitrogens with zero attached hydrogens (tertiary/aromatic N) is 4. The molecule has 2 aliphatic heterocycles. The summed E-state index contributed by atoms with van der Waals surface area (Å²) in [4.78, 5) is 9.82. The summed E-state index contributed by atoms with van der Waals surface area (Å²) in [6.45, 7) is 0. The van der Waals surface area contributed by atoms with Crippen molar-refractivity contribution < 1.29 is 0 Å². The van der Waals surface area contributed by atoms with Gasteiger partial charge in [0.1, 0.15) is 5.82 Å². The predicted molar refractivity (Wildman–Crippen MR) is 131 cm³/mol. The van der Waals surface area contributed by atoms with E-state index in [1.807, 2.05) is 30.6 Å². The SMILES string of the molecule is Nc1c(I)c(C2C[C@H]3CC[C@@H](C2)N3)nc2c(-c3ccc(-c4ccccc4)nc3)cnn12. The van der Waals surface area contributed by atoms with Gasteiger partial charge in [0.25, 0.3) is 0 Å². The van der Waals surface area contributed by atoms with Gasteiger partial charge < -0.3 is 11.1 Å². The van der Waals surface area contributed by atoms with Crippen LogP contribution in [-0.2, 0) is 0 Å². The Balaban J connectivity index is 1.41. The van der Waals surface area contributed by atoms with E-state index in [0.29, 0.717) is 23.8 Å². The first-order valence-corrected chi connectivity index (χ1v) is 11.9. The van der Waals surface area contributed by atoms with Gasteiger partial charge in [0.15, 0.2) is 5.65 Å². The number of benzene rings is 1. The third-order valence-electron chi connectivity index (χ3n) is 6.65. The lowest BCUT2D eigenvalue weighted by atomic mass is 9.89. The van der Waals surface area contributed by atoms with Crippen LogP contribution in [0.1, 0.15) is 37.3 Å². The Morgan fingerprint density at radius 2 is 1.74 bits per heavy atom. The second-order valence-electron chi connectivity index (χ2n) is 8.59. The molecule has 2 saturated heterocycles. The van der Waals surface area contributed by atoms with Gasteiger partial charge in [0.2, 0.25) is 0 Å². The average molecular weight is 522 g/mol. The van der Waals surface area contributed by atoms with Gasteiger partial charge in [-0.2, -0.15) is 9.61 Å². The first-order valence-electron chi connectivity index (χ1n) is 10.8. The third kappa shape index (κ3) is 3.30. The quantitative estimate of drug-likeness (QED) is 0.383. The molecule has 6 rings (SSSR count). The molecule has 4 aromatic rings. The van der Waals surface area contributed by atoms with Crippen molar-refractivity contribution in [3.05, 3.63) is 64.1 Å². The van der Waals surface area contributed by atoms with E-state index in [1.54, 1.807) is 4.52 Å². The van der Waals surface area contributed by atoms with E-state index >= 15 is 0 Å². The highest BCUT2D eigenvalue weighted by molar-refractivity contribution is 14.1. The summed E-state index contributed by atoms with van der Waals surface area (Å²) >= 11 is 2.34. The number of nitrogens with two attached hydrogens (primary N) is 1. The lowest BCUT2D eigenvalue weighted by Crippen LogP contribution is -2.37. The number of nitrogen functional groups attached to an aromatic ring is 1. The van der Waals surface area contributed by atoms with Crippen molar-refractivity contribution in [3.8, 4) is 22.4 Å². The topological polar surface area (TPSA) is 81.1 Å². The van der Waals surface area contributed by atoms with Crippen molar-refractivity contribution in [2.75, 3.05) is 5.73 Å². The van der Waals surface area contributed by atoms with Crippen molar-refractivity contribution in [3.63, 3.8) is 0 Å². The third-order valence-corrected chi connectivity index (χ3v) is 7.76. The Morgan fingerprint density at radius 3 is 2.45 bits per heavy atom. The summed E-state index contributed by atoms with van der Waals surface area (Å²) in [5.74, 6) is 1.12. The molecule has 2 aliphatic rings. The summed E-state index contributed by atoms with van der Waals surface area (Å²) < 4.78 is 2.80. The molecule has 6 nitrogen and oxygen atoms in total. The molecule has 31 heavy (non-hydrogen) atoms. The maximum atomic E-state index is 6.52. The highest BCUT2D eigenvalue weighted by Crippen LogP contribution is 2.40. The smallest absolute Gasteiger partial charge is 0.165 e. The highest BCUT2D eigenvalue weighted by atomic mass is 127. The van der Waals surface area contributed by atoms with E-state index in [-0.39, 0.29) is 0 Å². The van der Waals surface area contributed by atoms with E-state index in [4.69, 9.17) is 10.7 Å². The zero-order valence-electron chi connectivity index (χ0n) is 17.0. The van der Waals surface area contributed by atoms with Gasteiger partial charge >= 0.3 is 0 Å². The number of hydrogen-bond donors (Lipinski definition) is 2. The Hall–Kier alpha value is -2.52. The van der Waals surface area contributed by atoms with Crippen LogP contribution in [0.25, 0.3) is 28.0 Å². The van der Waals surface area contributed by atoms with E-state index in [2.05, 4.69) is 62.3 Å². The van der Waals surface area contributed by atoms with E-state index < -0.39 is 0 Å². The number of nitrogens with one attached hydrogen (secondary N) is 1. The van der Waals surface area contributed by atoms with Crippen LogP contribution in [0.2, 0.25) is 0 Å². The minimum atomic E-state index is 0.444. The van der Waals surface area contributed by atoms with Crippen molar-refractivity contribution in [1.82, 2.24) is 24.9 Å². The van der Waals surface area contributed by atoms with Crippen LogP contribution in [0.5, 0.6) is 0 Å². The van der Waals surface area contributed by atoms with Crippen molar-refractivity contribution >= 4 is 34.1 Å². The van der Waals surface area contributed by atoms with Gasteiger partial charge in [-0.3, -0.25) is 4.98 Å². The second-order valence-corrected chi connectivity index (χ2v) is 9.67. The van der Waals surface area contributed by atoms with Crippen LogP contribution >= 0.6 is 22.6 Å². The molecule has 156 valence electrons. The summed E-state index contributed by atoms with van der Waals surface area (Å²) in [6.07, 6.45) is 8.56. The summed E-state index contributed by atoms with van der Waals surface area (Å²) in [5.41, 5.74) is 12.5. The van der Waals surface area contributed by atoms with Gasteiger partial charge in [-0.25, -0.2) is 4.98 Å². The molecule has 2 bridgehead atoms. The zero-order valence-corrected chi connectivity index (χ0v) is 19.2. The average Bonchev–Trinajstić information content (AvgIpc) is 3.39. The molecule has 5 heterocycles. The number of hydrogen-bond acceptors (Lipinski definition) is 5. The number of anilines is 1. The lowest BCUT2D eigenvalue weighted by molar-refractivity contribution is 0.358. The number of halogens is 1. The number of aromatic nitrogens is 4. The van der Waals surface area contributed by atoms with Gasteiger partial charge in [0.05, 0.1) is 21.2 Å². The Morgan fingerprint density at radius 1 is 0.968 bits per heavy atom. The second kappa shape index (κ2) is 7.56. The molecule has 0 saturated carbocycles. The van der Waals surface area contributed by atoms with Gasteiger partial charge in [-0.15, -0.1) is 0 Å². The van der Waals surface area contributed by atoms with Crippen molar-refractivity contribution in [2.45, 2.75) is 43.7 Å². The predicted octanol–water partition coefficient (Wildman–Crippen LogP) is 4.64. The number of rotatable bonds is 3. The van der Waals surface area contributed by atoms with E-state index in [0.717, 1.165) is 50.1 Å². The minimum absolute atomic E-state index is 0.444. The summed E-state index contributed by atoms with van der Waals surface area (Å²) in [7, 11) is 0. The molecular weight excluding hydrogens is 499 g/mol. The largest absolute Gasteiger partial charge is 0.383 e. The Kier molecular flexibility index (Phi) is 4.68. The van der Waals surface area contributed by atoms with Gasteiger partial charge in [-0.1, -0.05) is 36.4 Å². The lowest BCUT2D eigenvalue weighted by Gasteiger charge is -2.29. The van der Waals surface area contributed by atoms with E-state index in [1.165, 1.54) is 12.8 Å². The fourth-order valence-corrected chi connectivity index (χ4v) is 5.89. The molecule has 1 unspecified atom stereocenters.